The Bertz CT molecular complexity index is 653. The van der Waals surface area contributed by atoms with Crippen molar-refractivity contribution >= 4 is 23.3 Å². The molecule has 2 heterocycles. The second-order valence-corrected chi connectivity index (χ2v) is 5.36. The maximum absolute atomic E-state index is 11.9. The van der Waals surface area contributed by atoms with E-state index >= 15 is 0 Å². The lowest BCUT2D eigenvalue weighted by atomic mass is 10.2. The number of hydrogen-bond donors (Lipinski definition) is 0. The maximum Gasteiger partial charge on any atom is 0.347 e. The van der Waals surface area contributed by atoms with Gasteiger partial charge in [0, 0.05) is 11.8 Å². The molecule has 7 heteroatoms. The Hall–Kier alpha value is -2.41. The van der Waals surface area contributed by atoms with Crippen LogP contribution in [0.15, 0.2) is 35.2 Å². The Morgan fingerprint density at radius 1 is 1.36 bits per heavy atom. The van der Waals surface area contributed by atoms with Crippen molar-refractivity contribution in [1.82, 2.24) is 4.98 Å². The summed E-state index contributed by atoms with van der Waals surface area (Å²) >= 11 is 1.51. The van der Waals surface area contributed by atoms with E-state index in [0.717, 1.165) is 5.69 Å². The van der Waals surface area contributed by atoms with E-state index in [2.05, 4.69) is 4.98 Å². The van der Waals surface area contributed by atoms with Gasteiger partial charge in [-0.2, -0.15) is 0 Å². The van der Waals surface area contributed by atoms with Crippen molar-refractivity contribution in [2.24, 2.45) is 0 Å². The molecule has 22 heavy (non-hydrogen) atoms. The van der Waals surface area contributed by atoms with Gasteiger partial charge in [-0.3, -0.25) is 0 Å². The van der Waals surface area contributed by atoms with Gasteiger partial charge in [0.1, 0.15) is 12.4 Å². The molecule has 1 unspecified atom stereocenters. The minimum Gasteiger partial charge on any atom is -0.487 e. The summed E-state index contributed by atoms with van der Waals surface area (Å²) in [5.41, 5.74) is 2.96. The van der Waals surface area contributed by atoms with Crippen molar-refractivity contribution < 1.29 is 23.8 Å². The van der Waals surface area contributed by atoms with E-state index in [0.29, 0.717) is 30.9 Å². The van der Waals surface area contributed by atoms with E-state index in [1.54, 1.807) is 29.8 Å². The molecule has 6 nitrogen and oxygen atoms in total. The third kappa shape index (κ3) is 3.43. The fraction of sp³-hybridized carbons (Fsp3) is 0.267. The molecule has 1 aromatic carbocycles. The van der Waals surface area contributed by atoms with Gasteiger partial charge in [-0.25, -0.2) is 14.6 Å². The summed E-state index contributed by atoms with van der Waals surface area (Å²) in [6.45, 7) is 0.668. The van der Waals surface area contributed by atoms with Gasteiger partial charge in [0.15, 0.2) is 0 Å². The van der Waals surface area contributed by atoms with E-state index < -0.39 is 18.0 Å². The summed E-state index contributed by atoms with van der Waals surface area (Å²) in [7, 11) is 0. The van der Waals surface area contributed by atoms with Gasteiger partial charge in [0.05, 0.1) is 23.4 Å². The predicted octanol–water partition coefficient (Wildman–Crippen LogP) is 2.19. The van der Waals surface area contributed by atoms with Gasteiger partial charge in [0.2, 0.25) is 6.10 Å². The number of benzene rings is 1. The van der Waals surface area contributed by atoms with Crippen LogP contribution < -0.4 is 4.74 Å². The number of thiazole rings is 1. The number of rotatable bonds is 5. The van der Waals surface area contributed by atoms with Gasteiger partial charge < -0.3 is 14.2 Å². The zero-order valence-corrected chi connectivity index (χ0v) is 12.4. The van der Waals surface area contributed by atoms with Crippen LogP contribution in [0.1, 0.15) is 22.5 Å². The largest absolute Gasteiger partial charge is 0.487 e. The Labute approximate surface area is 130 Å². The van der Waals surface area contributed by atoms with Crippen LogP contribution in [0.2, 0.25) is 0 Å². The van der Waals surface area contributed by atoms with Gasteiger partial charge in [-0.05, 0) is 24.3 Å². The van der Waals surface area contributed by atoms with Gasteiger partial charge in [-0.15, -0.1) is 11.3 Å². The van der Waals surface area contributed by atoms with Crippen LogP contribution in [-0.4, -0.2) is 29.6 Å². The van der Waals surface area contributed by atoms with Crippen LogP contribution >= 0.6 is 11.3 Å². The number of esters is 2. The van der Waals surface area contributed by atoms with Crippen LogP contribution in [0.4, 0.5) is 0 Å². The SMILES string of the molecule is O=C(OC1CCOC1=O)c1ccc(OCc2cscn2)cc1. The van der Waals surface area contributed by atoms with Gasteiger partial charge >= 0.3 is 11.9 Å². The first-order valence-corrected chi connectivity index (χ1v) is 7.64. The smallest absolute Gasteiger partial charge is 0.347 e. The zero-order chi connectivity index (χ0) is 15.4. The van der Waals surface area contributed by atoms with E-state index in [4.69, 9.17) is 14.2 Å². The van der Waals surface area contributed by atoms with E-state index in [1.807, 2.05) is 5.38 Å². The van der Waals surface area contributed by atoms with Crippen molar-refractivity contribution in [3.05, 3.63) is 46.4 Å². The minimum absolute atomic E-state index is 0.292. The summed E-state index contributed by atoms with van der Waals surface area (Å²) in [5, 5.41) is 1.91. The van der Waals surface area contributed by atoms with Crippen molar-refractivity contribution in [2.45, 2.75) is 19.1 Å². The van der Waals surface area contributed by atoms with Crippen molar-refractivity contribution in [1.29, 1.82) is 0 Å². The second kappa shape index (κ2) is 6.57. The number of aromatic nitrogens is 1. The molecule has 0 amide bonds. The Balaban J connectivity index is 1.56. The molecule has 114 valence electrons. The standard InChI is InChI=1S/C15H13NO5S/c17-14(21-13-5-6-19-15(13)18)10-1-3-12(4-2-10)20-7-11-8-22-9-16-11/h1-4,8-9,13H,5-7H2. The molecule has 1 atom stereocenters. The third-order valence-electron chi connectivity index (χ3n) is 3.10. The average Bonchev–Trinajstić information content (AvgIpc) is 3.18. The highest BCUT2D eigenvalue weighted by Crippen LogP contribution is 2.17. The van der Waals surface area contributed by atoms with E-state index in [-0.39, 0.29) is 0 Å². The number of hydrogen-bond acceptors (Lipinski definition) is 7. The fourth-order valence-electron chi connectivity index (χ4n) is 1.93. The summed E-state index contributed by atoms with van der Waals surface area (Å²) in [6, 6.07) is 6.55. The highest BCUT2D eigenvalue weighted by Gasteiger charge is 2.30. The molecule has 2 aromatic rings. The Kier molecular flexibility index (Phi) is 4.34. The molecule has 3 rings (SSSR count). The molecule has 0 N–H and O–H groups in total. The summed E-state index contributed by atoms with van der Waals surface area (Å²) in [6.07, 6.45) is -0.396. The first kappa shape index (κ1) is 14.5. The average molecular weight is 319 g/mol. The van der Waals surface area contributed by atoms with Gasteiger partial charge in [0.25, 0.3) is 0 Å². The first-order chi connectivity index (χ1) is 10.7. The second-order valence-electron chi connectivity index (χ2n) is 4.64. The monoisotopic (exact) mass is 319 g/mol. The highest BCUT2D eigenvalue weighted by molar-refractivity contribution is 7.07. The number of ether oxygens (including phenoxy) is 3. The summed E-state index contributed by atoms with van der Waals surface area (Å²) < 4.78 is 15.4. The molecule has 0 aliphatic carbocycles. The number of nitrogens with zero attached hydrogens (tertiary/aromatic N) is 1. The lowest BCUT2D eigenvalue weighted by Crippen LogP contribution is -2.22. The number of carbonyl (C=O) groups is 2. The Morgan fingerprint density at radius 2 is 2.18 bits per heavy atom. The summed E-state index contributed by atoms with van der Waals surface area (Å²) in [4.78, 5) is 27.3. The molecular formula is C15H13NO5S. The van der Waals surface area contributed by atoms with Crippen LogP contribution in [-0.2, 0) is 20.9 Å². The van der Waals surface area contributed by atoms with Gasteiger partial charge in [-0.1, -0.05) is 0 Å². The fourth-order valence-corrected chi connectivity index (χ4v) is 2.48. The maximum atomic E-state index is 11.9. The molecule has 1 fully saturated rings. The minimum atomic E-state index is -0.798. The molecule has 1 aromatic heterocycles. The molecule has 0 saturated carbocycles. The topological polar surface area (TPSA) is 74.7 Å². The molecule has 1 saturated heterocycles. The van der Waals surface area contributed by atoms with Crippen LogP contribution in [0, 0.1) is 0 Å². The Morgan fingerprint density at radius 3 is 2.82 bits per heavy atom. The normalized spacial score (nSPS) is 17.1. The van der Waals surface area contributed by atoms with Crippen molar-refractivity contribution in [3.8, 4) is 5.75 Å². The van der Waals surface area contributed by atoms with E-state index in [9.17, 15) is 9.59 Å². The molecule has 0 bridgehead atoms. The van der Waals surface area contributed by atoms with Crippen LogP contribution in [0.3, 0.4) is 0 Å². The zero-order valence-electron chi connectivity index (χ0n) is 11.6. The van der Waals surface area contributed by atoms with Crippen LogP contribution in [0.25, 0.3) is 0 Å². The predicted molar refractivity (Wildman–Crippen MR) is 77.7 cm³/mol. The highest BCUT2D eigenvalue weighted by atomic mass is 32.1. The molecular weight excluding hydrogens is 306 g/mol. The summed E-state index contributed by atoms with van der Waals surface area (Å²) in [5.74, 6) is -0.406. The van der Waals surface area contributed by atoms with Crippen LogP contribution in [0.5, 0.6) is 5.75 Å². The quantitative estimate of drug-likeness (QED) is 0.787. The molecule has 0 radical (unpaired) electrons. The first-order valence-electron chi connectivity index (χ1n) is 6.70. The molecule has 1 aliphatic heterocycles. The number of carbonyl (C=O) groups excluding carboxylic acids is 2. The van der Waals surface area contributed by atoms with Crippen molar-refractivity contribution in [3.63, 3.8) is 0 Å². The number of cyclic esters (lactones) is 1. The molecule has 1 aliphatic rings. The van der Waals surface area contributed by atoms with Crippen molar-refractivity contribution in [2.75, 3.05) is 6.61 Å². The molecule has 0 spiro atoms. The lowest BCUT2D eigenvalue weighted by Gasteiger charge is -2.09. The van der Waals surface area contributed by atoms with E-state index in [1.165, 1.54) is 11.3 Å². The lowest BCUT2D eigenvalue weighted by molar-refractivity contribution is -0.145. The third-order valence-corrected chi connectivity index (χ3v) is 3.73.